The maximum absolute atomic E-state index is 12.3. The molecular formula is C12H20F3N3. The van der Waals surface area contributed by atoms with Crippen LogP contribution in [0.25, 0.3) is 0 Å². The molecule has 0 amide bonds. The van der Waals surface area contributed by atoms with Crippen LogP contribution in [-0.2, 0) is 6.54 Å². The highest BCUT2D eigenvalue weighted by Crippen LogP contribution is 2.27. The van der Waals surface area contributed by atoms with Crippen molar-refractivity contribution >= 4 is 0 Å². The Morgan fingerprint density at radius 2 is 2.11 bits per heavy atom. The van der Waals surface area contributed by atoms with Gasteiger partial charge >= 0.3 is 6.18 Å². The van der Waals surface area contributed by atoms with Crippen molar-refractivity contribution in [2.45, 2.75) is 51.9 Å². The zero-order chi connectivity index (χ0) is 13.6. The van der Waals surface area contributed by atoms with Crippen LogP contribution in [0.1, 0.15) is 44.8 Å². The molecule has 0 saturated carbocycles. The fraction of sp³-hybridized carbons (Fsp3) is 0.750. The molecule has 0 fully saturated rings. The van der Waals surface area contributed by atoms with Gasteiger partial charge in [-0.05, 0) is 32.4 Å². The van der Waals surface area contributed by atoms with Crippen molar-refractivity contribution in [2.24, 2.45) is 0 Å². The number of rotatable bonds is 7. The van der Waals surface area contributed by atoms with E-state index in [0.29, 0.717) is 13.1 Å². The summed E-state index contributed by atoms with van der Waals surface area (Å²) in [5.41, 5.74) is 0.829. The Bertz CT molecular complexity index is 347. The average molecular weight is 263 g/mol. The normalized spacial score (nSPS) is 13.8. The van der Waals surface area contributed by atoms with E-state index in [0.717, 1.165) is 12.1 Å². The number of aryl methyl sites for hydroxylation is 1. The Labute approximate surface area is 105 Å². The van der Waals surface area contributed by atoms with Crippen molar-refractivity contribution in [1.82, 2.24) is 15.1 Å². The third-order valence-electron chi connectivity index (χ3n) is 2.76. The molecule has 1 heterocycles. The monoisotopic (exact) mass is 263 g/mol. The van der Waals surface area contributed by atoms with Gasteiger partial charge in [-0.15, -0.1) is 0 Å². The van der Waals surface area contributed by atoms with E-state index in [1.54, 1.807) is 16.9 Å². The van der Waals surface area contributed by atoms with Crippen molar-refractivity contribution in [1.29, 1.82) is 0 Å². The fourth-order valence-corrected chi connectivity index (χ4v) is 1.88. The number of nitrogens with zero attached hydrogens (tertiary/aromatic N) is 2. The van der Waals surface area contributed by atoms with Crippen molar-refractivity contribution in [3.8, 4) is 0 Å². The van der Waals surface area contributed by atoms with E-state index in [4.69, 9.17) is 0 Å². The maximum atomic E-state index is 12.3. The van der Waals surface area contributed by atoms with Crippen molar-refractivity contribution in [3.05, 3.63) is 18.0 Å². The summed E-state index contributed by atoms with van der Waals surface area (Å²) in [7, 11) is 0. The fourth-order valence-electron chi connectivity index (χ4n) is 1.88. The molecule has 1 aromatic heterocycles. The molecule has 0 spiro atoms. The maximum Gasteiger partial charge on any atom is 0.389 e. The highest BCUT2D eigenvalue weighted by atomic mass is 19.4. The minimum Gasteiger partial charge on any atom is -0.309 e. The predicted octanol–water partition coefficient (Wildman–Crippen LogP) is 3.29. The van der Waals surface area contributed by atoms with Crippen LogP contribution in [0.15, 0.2) is 12.3 Å². The zero-order valence-corrected chi connectivity index (χ0v) is 10.8. The summed E-state index contributed by atoms with van der Waals surface area (Å²) in [6.07, 6.45) is -2.31. The number of alkyl halides is 3. The molecule has 0 bridgehead atoms. The molecule has 1 aromatic rings. The van der Waals surface area contributed by atoms with E-state index >= 15 is 0 Å². The zero-order valence-electron chi connectivity index (χ0n) is 10.8. The molecule has 0 aliphatic heterocycles. The Morgan fingerprint density at radius 1 is 1.39 bits per heavy atom. The van der Waals surface area contributed by atoms with E-state index in [1.165, 1.54) is 0 Å². The standard InChI is InChI=1S/C12H20F3N3/c1-3-8-16-10(5-7-12(13,14)15)11-6-9-17-18(11)4-2/h6,9-10,16H,3-5,7-8H2,1-2H3. The van der Waals surface area contributed by atoms with Crippen LogP contribution in [0.4, 0.5) is 13.2 Å². The number of halogens is 3. The molecule has 1 atom stereocenters. The minimum absolute atomic E-state index is 0.0508. The Kier molecular flexibility index (Phi) is 5.65. The van der Waals surface area contributed by atoms with Gasteiger partial charge < -0.3 is 5.32 Å². The van der Waals surface area contributed by atoms with Gasteiger partial charge in [0.05, 0.1) is 5.69 Å². The van der Waals surface area contributed by atoms with E-state index in [1.807, 2.05) is 13.8 Å². The smallest absolute Gasteiger partial charge is 0.309 e. The summed E-state index contributed by atoms with van der Waals surface area (Å²) in [6, 6.07) is 1.50. The third kappa shape index (κ3) is 4.68. The molecule has 1 rings (SSSR count). The highest BCUT2D eigenvalue weighted by molar-refractivity contribution is 5.07. The topological polar surface area (TPSA) is 29.9 Å². The molecule has 104 valence electrons. The number of hydrogen-bond acceptors (Lipinski definition) is 2. The van der Waals surface area contributed by atoms with Crippen LogP contribution in [0.5, 0.6) is 0 Å². The minimum atomic E-state index is -4.11. The van der Waals surface area contributed by atoms with Gasteiger partial charge in [0.2, 0.25) is 0 Å². The Morgan fingerprint density at radius 3 is 2.67 bits per heavy atom. The summed E-state index contributed by atoms with van der Waals surface area (Å²) in [6.45, 7) is 5.29. The second-order valence-corrected chi connectivity index (χ2v) is 4.23. The highest BCUT2D eigenvalue weighted by Gasteiger charge is 2.29. The van der Waals surface area contributed by atoms with Gasteiger partial charge in [-0.1, -0.05) is 6.92 Å². The molecule has 18 heavy (non-hydrogen) atoms. The molecule has 1 unspecified atom stereocenters. The first kappa shape index (κ1) is 15.0. The van der Waals surface area contributed by atoms with E-state index in [-0.39, 0.29) is 12.5 Å². The Hall–Kier alpha value is -1.04. The van der Waals surface area contributed by atoms with Crippen LogP contribution in [0.2, 0.25) is 0 Å². The van der Waals surface area contributed by atoms with E-state index < -0.39 is 12.6 Å². The molecular weight excluding hydrogens is 243 g/mol. The van der Waals surface area contributed by atoms with Crippen molar-refractivity contribution < 1.29 is 13.2 Å². The van der Waals surface area contributed by atoms with Gasteiger partial charge in [0.15, 0.2) is 0 Å². The van der Waals surface area contributed by atoms with Gasteiger partial charge in [-0.25, -0.2) is 0 Å². The molecule has 0 aliphatic carbocycles. The average Bonchev–Trinajstić information content (AvgIpc) is 2.76. The lowest BCUT2D eigenvalue weighted by Crippen LogP contribution is -2.26. The number of nitrogens with one attached hydrogen (secondary N) is 1. The second kappa shape index (κ2) is 6.78. The van der Waals surface area contributed by atoms with Gasteiger partial charge in [-0.2, -0.15) is 18.3 Å². The van der Waals surface area contributed by atoms with Crippen LogP contribution in [0, 0.1) is 0 Å². The van der Waals surface area contributed by atoms with Crippen molar-refractivity contribution in [2.75, 3.05) is 6.54 Å². The molecule has 1 N–H and O–H groups in total. The quantitative estimate of drug-likeness (QED) is 0.818. The predicted molar refractivity (Wildman–Crippen MR) is 64.2 cm³/mol. The molecule has 0 radical (unpaired) electrons. The summed E-state index contributed by atoms with van der Waals surface area (Å²) in [5, 5.41) is 7.26. The lowest BCUT2D eigenvalue weighted by atomic mass is 10.1. The molecule has 0 aliphatic rings. The van der Waals surface area contributed by atoms with Crippen molar-refractivity contribution in [3.63, 3.8) is 0 Å². The van der Waals surface area contributed by atoms with Gasteiger partial charge in [0.1, 0.15) is 0 Å². The van der Waals surface area contributed by atoms with E-state index in [9.17, 15) is 13.2 Å². The first-order valence-corrected chi connectivity index (χ1v) is 6.29. The summed E-state index contributed by atoms with van der Waals surface area (Å²) < 4.78 is 38.7. The lowest BCUT2D eigenvalue weighted by molar-refractivity contribution is -0.136. The number of aromatic nitrogens is 2. The molecule has 6 heteroatoms. The van der Waals surface area contributed by atoms with E-state index in [2.05, 4.69) is 10.4 Å². The third-order valence-corrected chi connectivity index (χ3v) is 2.76. The van der Waals surface area contributed by atoms with Crippen LogP contribution in [0.3, 0.4) is 0 Å². The molecule has 0 aromatic carbocycles. The van der Waals surface area contributed by atoms with Crippen LogP contribution >= 0.6 is 0 Å². The summed E-state index contributed by atoms with van der Waals surface area (Å²) >= 11 is 0. The van der Waals surface area contributed by atoms with Crippen LogP contribution < -0.4 is 5.32 Å². The molecule has 0 saturated heterocycles. The molecule has 3 nitrogen and oxygen atoms in total. The second-order valence-electron chi connectivity index (χ2n) is 4.23. The van der Waals surface area contributed by atoms with Crippen LogP contribution in [-0.4, -0.2) is 22.5 Å². The summed E-state index contributed by atoms with van der Waals surface area (Å²) in [4.78, 5) is 0. The summed E-state index contributed by atoms with van der Waals surface area (Å²) in [5.74, 6) is 0. The van der Waals surface area contributed by atoms with Gasteiger partial charge in [0, 0.05) is 25.2 Å². The van der Waals surface area contributed by atoms with Gasteiger partial charge in [-0.3, -0.25) is 4.68 Å². The first-order chi connectivity index (χ1) is 8.48. The first-order valence-electron chi connectivity index (χ1n) is 6.29. The Balaban J connectivity index is 2.71. The lowest BCUT2D eigenvalue weighted by Gasteiger charge is -2.20. The largest absolute Gasteiger partial charge is 0.389 e. The van der Waals surface area contributed by atoms with Gasteiger partial charge in [0.25, 0.3) is 0 Å². The number of hydrogen-bond donors (Lipinski definition) is 1. The SMILES string of the molecule is CCCNC(CCC(F)(F)F)c1ccnn1CC.